The van der Waals surface area contributed by atoms with E-state index in [9.17, 15) is 0 Å². The summed E-state index contributed by atoms with van der Waals surface area (Å²) in [6, 6.07) is 0. The normalized spacial score (nSPS) is 17.0. The third-order valence-electron chi connectivity index (χ3n) is 3.38. The van der Waals surface area contributed by atoms with Gasteiger partial charge in [-0.15, -0.1) is 0 Å². The van der Waals surface area contributed by atoms with Gasteiger partial charge in [-0.05, 0) is 51.9 Å². The Kier molecular flexibility index (Phi) is 33.1. The molecule has 0 aromatic heterocycles. The van der Waals surface area contributed by atoms with Crippen LogP contribution in [0.5, 0.6) is 0 Å². The second kappa shape index (κ2) is 27.7. The van der Waals surface area contributed by atoms with Crippen LogP contribution in [0.25, 0.3) is 0 Å². The molecule has 0 aliphatic carbocycles. The Bertz CT molecular complexity index is 174. The molecule has 0 atom stereocenters. The number of hydrogen-bond donors (Lipinski definition) is 0. The number of likely N-dealkylation sites (tertiary alicyclic amines) is 1. The van der Waals surface area contributed by atoms with E-state index in [1.165, 1.54) is 58.3 Å². The summed E-state index contributed by atoms with van der Waals surface area (Å²) in [4.78, 5) is 4.99. The average Bonchev–Trinajstić information content (AvgIpc) is 3.15. The van der Waals surface area contributed by atoms with Crippen LogP contribution in [0.1, 0.15) is 87.5 Å². The van der Waals surface area contributed by atoms with E-state index in [-0.39, 0.29) is 0 Å². The smallest absolute Gasteiger partial charge is 0.0594 e. The zero-order valence-corrected chi connectivity index (χ0v) is 18.5. The molecule has 2 aliphatic heterocycles. The molecule has 0 aromatic carbocycles. The summed E-state index contributed by atoms with van der Waals surface area (Å²) < 4.78 is 5.20. The van der Waals surface area contributed by atoms with E-state index in [0.29, 0.717) is 0 Å². The van der Waals surface area contributed by atoms with Crippen molar-refractivity contribution in [3.05, 3.63) is 0 Å². The second-order valence-electron chi connectivity index (χ2n) is 5.71. The summed E-state index contributed by atoms with van der Waals surface area (Å²) in [7, 11) is 0. The summed E-state index contributed by atoms with van der Waals surface area (Å²) in [6.07, 6.45) is 6.69. The van der Waals surface area contributed by atoms with E-state index >= 15 is 0 Å². The summed E-state index contributed by atoms with van der Waals surface area (Å²) in [5.41, 5.74) is 0. The van der Waals surface area contributed by atoms with Gasteiger partial charge in [-0.1, -0.05) is 61.8 Å². The van der Waals surface area contributed by atoms with Crippen molar-refractivity contribution in [2.45, 2.75) is 87.5 Å². The SMILES string of the molecule is CC.CC.CCC.CCCN1CCCC1.CCCN1CCOCC1. The molecular weight excluding hydrogens is 296 g/mol. The van der Waals surface area contributed by atoms with Crippen LogP contribution in [0.3, 0.4) is 0 Å². The molecule has 0 amide bonds. The van der Waals surface area contributed by atoms with E-state index in [1.54, 1.807) is 0 Å². The van der Waals surface area contributed by atoms with Crippen molar-refractivity contribution in [1.82, 2.24) is 9.80 Å². The quantitative estimate of drug-likeness (QED) is 0.650. The molecule has 0 unspecified atom stereocenters. The fourth-order valence-corrected chi connectivity index (χ4v) is 2.46. The first-order chi connectivity index (χ1) is 11.8. The lowest BCUT2D eigenvalue weighted by Gasteiger charge is -2.25. The molecule has 0 radical (unpaired) electrons. The third-order valence-corrected chi connectivity index (χ3v) is 3.38. The van der Waals surface area contributed by atoms with E-state index in [0.717, 1.165) is 26.3 Å². The average molecular weight is 347 g/mol. The molecule has 150 valence electrons. The van der Waals surface area contributed by atoms with Crippen molar-refractivity contribution in [3.8, 4) is 0 Å². The van der Waals surface area contributed by atoms with Gasteiger partial charge in [0.1, 0.15) is 0 Å². The van der Waals surface area contributed by atoms with Gasteiger partial charge in [0, 0.05) is 13.1 Å². The van der Waals surface area contributed by atoms with E-state index < -0.39 is 0 Å². The van der Waals surface area contributed by atoms with Crippen molar-refractivity contribution in [2.75, 3.05) is 52.5 Å². The van der Waals surface area contributed by atoms with Crippen LogP contribution in [0.4, 0.5) is 0 Å². The standard InChI is InChI=1S/C7H15NO.C7H15N.C3H8.2C2H6/c1-2-3-8-4-6-9-7-5-8;1-2-5-8-6-3-4-7-8;1-3-2;2*1-2/h2-7H2,1H3;2-7H2,1H3;3H2,1-2H3;2*1-2H3. The fraction of sp³-hybridized carbons (Fsp3) is 1.00. The van der Waals surface area contributed by atoms with Crippen molar-refractivity contribution in [2.24, 2.45) is 0 Å². The Morgan fingerprint density at radius 1 is 0.625 bits per heavy atom. The second-order valence-corrected chi connectivity index (χ2v) is 5.71. The molecule has 0 saturated carbocycles. The fourth-order valence-electron chi connectivity index (χ4n) is 2.46. The highest BCUT2D eigenvalue weighted by atomic mass is 16.5. The van der Waals surface area contributed by atoms with Crippen LogP contribution >= 0.6 is 0 Å². The van der Waals surface area contributed by atoms with Gasteiger partial charge in [-0.2, -0.15) is 0 Å². The summed E-state index contributed by atoms with van der Waals surface area (Å²) in [5.74, 6) is 0. The monoisotopic (exact) mass is 346 g/mol. The van der Waals surface area contributed by atoms with Crippen molar-refractivity contribution in [1.29, 1.82) is 0 Å². The molecule has 0 spiro atoms. The van der Waals surface area contributed by atoms with Gasteiger partial charge >= 0.3 is 0 Å². The predicted molar refractivity (Wildman–Crippen MR) is 112 cm³/mol. The summed E-state index contributed by atoms with van der Waals surface area (Å²) in [6.45, 7) is 26.1. The Balaban J connectivity index is -0.000000270. The molecule has 0 bridgehead atoms. The first kappa shape index (κ1) is 28.7. The number of morpholine rings is 1. The highest BCUT2D eigenvalue weighted by Gasteiger charge is 2.08. The Morgan fingerprint density at radius 2 is 0.958 bits per heavy atom. The molecule has 0 N–H and O–H groups in total. The van der Waals surface area contributed by atoms with Gasteiger partial charge in [-0.25, -0.2) is 0 Å². The minimum atomic E-state index is 0.931. The predicted octanol–water partition coefficient (Wildman–Crippen LogP) is 5.69. The maximum absolute atomic E-state index is 5.20. The van der Waals surface area contributed by atoms with Crippen LogP contribution in [-0.4, -0.2) is 62.3 Å². The van der Waals surface area contributed by atoms with Crippen LogP contribution in [-0.2, 0) is 4.74 Å². The lowest BCUT2D eigenvalue weighted by atomic mass is 10.4. The first-order valence-electron chi connectivity index (χ1n) is 10.8. The van der Waals surface area contributed by atoms with Crippen molar-refractivity contribution in [3.63, 3.8) is 0 Å². The minimum Gasteiger partial charge on any atom is -0.379 e. The van der Waals surface area contributed by atoms with Crippen molar-refractivity contribution >= 4 is 0 Å². The van der Waals surface area contributed by atoms with E-state index in [1.807, 2.05) is 27.7 Å². The number of nitrogens with zero attached hydrogens (tertiary/aromatic N) is 2. The molecule has 3 nitrogen and oxygen atoms in total. The van der Waals surface area contributed by atoms with Crippen molar-refractivity contribution < 1.29 is 4.74 Å². The molecule has 2 fully saturated rings. The Morgan fingerprint density at radius 3 is 1.29 bits per heavy atom. The Labute approximate surface area is 155 Å². The third kappa shape index (κ3) is 21.9. The van der Waals surface area contributed by atoms with Gasteiger partial charge in [0.15, 0.2) is 0 Å². The topological polar surface area (TPSA) is 15.7 Å². The number of rotatable bonds is 4. The highest BCUT2D eigenvalue weighted by Crippen LogP contribution is 2.06. The van der Waals surface area contributed by atoms with E-state index in [2.05, 4.69) is 37.5 Å². The number of hydrogen-bond acceptors (Lipinski definition) is 3. The van der Waals surface area contributed by atoms with Crippen LogP contribution < -0.4 is 0 Å². The first-order valence-corrected chi connectivity index (χ1v) is 10.8. The van der Waals surface area contributed by atoms with Gasteiger partial charge < -0.3 is 9.64 Å². The summed E-state index contributed by atoms with van der Waals surface area (Å²) >= 11 is 0. The molecule has 2 heterocycles. The maximum Gasteiger partial charge on any atom is 0.0594 e. The maximum atomic E-state index is 5.20. The lowest BCUT2D eigenvalue weighted by Crippen LogP contribution is -2.36. The highest BCUT2D eigenvalue weighted by molar-refractivity contribution is 4.64. The summed E-state index contributed by atoms with van der Waals surface area (Å²) in [5, 5.41) is 0. The van der Waals surface area contributed by atoms with Gasteiger partial charge in [-0.3, -0.25) is 4.90 Å². The number of ether oxygens (including phenoxy) is 1. The molecule has 3 heteroatoms. The molecule has 2 aliphatic rings. The van der Waals surface area contributed by atoms with Gasteiger partial charge in [0.2, 0.25) is 0 Å². The van der Waals surface area contributed by atoms with Gasteiger partial charge in [0.25, 0.3) is 0 Å². The van der Waals surface area contributed by atoms with Crippen LogP contribution in [0.15, 0.2) is 0 Å². The van der Waals surface area contributed by atoms with Crippen LogP contribution in [0, 0.1) is 0 Å². The lowest BCUT2D eigenvalue weighted by molar-refractivity contribution is 0.0380. The van der Waals surface area contributed by atoms with Gasteiger partial charge in [0.05, 0.1) is 13.2 Å². The zero-order chi connectivity index (χ0) is 19.1. The molecule has 2 saturated heterocycles. The molecule has 0 aromatic rings. The van der Waals surface area contributed by atoms with Crippen LogP contribution in [0.2, 0.25) is 0 Å². The van der Waals surface area contributed by atoms with E-state index in [4.69, 9.17) is 4.74 Å². The Hall–Kier alpha value is -0.120. The zero-order valence-electron chi connectivity index (χ0n) is 18.5. The largest absolute Gasteiger partial charge is 0.379 e. The molecular formula is C21H50N2O. The minimum absolute atomic E-state index is 0.931. The molecule has 2 rings (SSSR count). The molecule has 24 heavy (non-hydrogen) atoms.